The summed E-state index contributed by atoms with van der Waals surface area (Å²) in [5.41, 5.74) is 1.26. The van der Waals surface area contributed by atoms with E-state index in [1.54, 1.807) is 5.38 Å². The molecule has 22 heavy (non-hydrogen) atoms. The number of nitrogens with one attached hydrogen (secondary N) is 1. The van der Waals surface area contributed by atoms with Crippen LogP contribution in [0.1, 0.15) is 36.2 Å². The topological polar surface area (TPSA) is 62.2 Å². The zero-order valence-corrected chi connectivity index (χ0v) is 13.5. The van der Waals surface area contributed by atoms with Crippen molar-refractivity contribution < 1.29 is 9.90 Å². The molecule has 1 saturated carbocycles. The Balaban J connectivity index is 1.68. The van der Waals surface area contributed by atoms with Crippen LogP contribution in [0.25, 0.3) is 10.6 Å². The number of amides is 1. The number of thiazole rings is 1. The molecule has 0 unspecified atom stereocenters. The standard InChI is InChI=1S/C16H17ClN2O2S/c17-13-4-2-1-3-12(13)16-19-14(9-22-16)15(21)18-10-5-7-11(20)8-6-10/h1-4,9-11,20H,5-8H2,(H,18,21). The summed E-state index contributed by atoms with van der Waals surface area (Å²) in [5, 5.41) is 15.6. The first-order valence-electron chi connectivity index (χ1n) is 7.33. The fourth-order valence-electron chi connectivity index (χ4n) is 2.62. The van der Waals surface area contributed by atoms with E-state index in [0.717, 1.165) is 36.3 Å². The van der Waals surface area contributed by atoms with Gasteiger partial charge in [-0.05, 0) is 31.7 Å². The molecular formula is C16H17ClN2O2S. The van der Waals surface area contributed by atoms with Crippen molar-refractivity contribution in [3.63, 3.8) is 0 Å². The van der Waals surface area contributed by atoms with Crippen molar-refractivity contribution >= 4 is 28.8 Å². The zero-order valence-electron chi connectivity index (χ0n) is 12.0. The number of aliphatic hydroxyl groups is 1. The predicted octanol–water partition coefficient (Wildman–Crippen LogP) is 3.50. The van der Waals surface area contributed by atoms with Crippen molar-refractivity contribution in [2.24, 2.45) is 0 Å². The SMILES string of the molecule is O=C(NC1CCC(O)CC1)c1csc(-c2ccccc2Cl)n1. The molecule has 0 aliphatic heterocycles. The highest BCUT2D eigenvalue weighted by Gasteiger charge is 2.22. The number of nitrogens with zero attached hydrogens (tertiary/aromatic N) is 1. The smallest absolute Gasteiger partial charge is 0.270 e. The van der Waals surface area contributed by atoms with Crippen molar-refractivity contribution in [1.29, 1.82) is 0 Å². The largest absolute Gasteiger partial charge is 0.393 e. The second kappa shape index (κ2) is 6.77. The van der Waals surface area contributed by atoms with E-state index in [9.17, 15) is 9.90 Å². The van der Waals surface area contributed by atoms with Crippen LogP contribution < -0.4 is 5.32 Å². The molecule has 1 aliphatic carbocycles. The third-order valence-electron chi connectivity index (χ3n) is 3.87. The van der Waals surface area contributed by atoms with Gasteiger partial charge in [-0.25, -0.2) is 4.98 Å². The van der Waals surface area contributed by atoms with Gasteiger partial charge in [0.05, 0.1) is 11.1 Å². The summed E-state index contributed by atoms with van der Waals surface area (Å²) in [6.07, 6.45) is 2.89. The second-order valence-corrected chi connectivity index (χ2v) is 6.76. The molecule has 2 aromatic rings. The van der Waals surface area contributed by atoms with Crippen LogP contribution in [0, 0.1) is 0 Å². The van der Waals surface area contributed by atoms with Crippen molar-refractivity contribution in [2.75, 3.05) is 0 Å². The minimum atomic E-state index is -0.223. The molecule has 1 aromatic heterocycles. The van der Waals surface area contributed by atoms with Crippen LogP contribution in [-0.4, -0.2) is 28.1 Å². The van der Waals surface area contributed by atoms with Crippen molar-refractivity contribution in [1.82, 2.24) is 10.3 Å². The molecule has 0 spiro atoms. The molecule has 3 rings (SSSR count). The Hall–Kier alpha value is -1.43. The maximum absolute atomic E-state index is 12.3. The summed E-state index contributed by atoms with van der Waals surface area (Å²) in [6, 6.07) is 7.60. The highest BCUT2D eigenvalue weighted by molar-refractivity contribution is 7.13. The number of halogens is 1. The minimum absolute atomic E-state index is 0.126. The molecule has 1 aliphatic rings. The van der Waals surface area contributed by atoms with E-state index in [1.165, 1.54) is 11.3 Å². The predicted molar refractivity (Wildman–Crippen MR) is 88.3 cm³/mol. The lowest BCUT2D eigenvalue weighted by Gasteiger charge is -2.25. The molecule has 1 fully saturated rings. The first kappa shape index (κ1) is 15.5. The van der Waals surface area contributed by atoms with Gasteiger partial charge in [-0.3, -0.25) is 4.79 Å². The van der Waals surface area contributed by atoms with Crippen molar-refractivity contribution in [2.45, 2.75) is 37.8 Å². The Kier molecular flexibility index (Phi) is 4.76. The van der Waals surface area contributed by atoms with Gasteiger partial charge in [0.1, 0.15) is 10.7 Å². The highest BCUT2D eigenvalue weighted by atomic mass is 35.5. The fourth-order valence-corrected chi connectivity index (χ4v) is 3.74. The fraction of sp³-hybridized carbons (Fsp3) is 0.375. The molecule has 4 nitrogen and oxygen atoms in total. The minimum Gasteiger partial charge on any atom is -0.393 e. The average Bonchev–Trinajstić information content (AvgIpc) is 3.00. The van der Waals surface area contributed by atoms with E-state index in [2.05, 4.69) is 10.3 Å². The summed E-state index contributed by atoms with van der Waals surface area (Å²) >= 11 is 7.57. The second-order valence-electron chi connectivity index (χ2n) is 5.50. The molecule has 0 atom stereocenters. The summed E-state index contributed by atoms with van der Waals surface area (Å²) in [5.74, 6) is -0.157. The lowest BCUT2D eigenvalue weighted by molar-refractivity contribution is 0.0864. The van der Waals surface area contributed by atoms with Gasteiger partial charge >= 0.3 is 0 Å². The van der Waals surface area contributed by atoms with Crippen LogP contribution in [-0.2, 0) is 0 Å². The maximum atomic E-state index is 12.3. The van der Waals surface area contributed by atoms with Gasteiger partial charge in [-0.1, -0.05) is 29.8 Å². The van der Waals surface area contributed by atoms with E-state index >= 15 is 0 Å². The van der Waals surface area contributed by atoms with Gasteiger partial charge in [0.15, 0.2) is 0 Å². The average molecular weight is 337 g/mol. The molecule has 0 saturated heterocycles. The number of rotatable bonds is 3. The maximum Gasteiger partial charge on any atom is 0.270 e. The third-order valence-corrected chi connectivity index (χ3v) is 5.08. The van der Waals surface area contributed by atoms with E-state index in [4.69, 9.17) is 11.6 Å². The third kappa shape index (κ3) is 3.48. The van der Waals surface area contributed by atoms with Gasteiger partial charge in [-0.15, -0.1) is 11.3 Å². The molecule has 1 amide bonds. The van der Waals surface area contributed by atoms with Crippen LogP contribution in [0.4, 0.5) is 0 Å². The van der Waals surface area contributed by atoms with Crippen LogP contribution in [0.3, 0.4) is 0 Å². The molecule has 1 heterocycles. The summed E-state index contributed by atoms with van der Waals surface area (Å²) in [7, 11) is 0. The molecular weight excluding hydrogens is 320 g/mol. The number of hydrogen-bond acceptors (Lipinski definition) is 4. The van der Waals surface area contributed by atoms with Gasteiger partial charge in [0.25, 0.3) is 5.91 Å². The van der Waals surface area contributed by atoms with Crippen LogP contribution in [0.15, 0.2) is 29.6 Å². The quantitative estimate of drug-likeness (QED) is 0.901. The Bertz CT molecular complexity index is 666. The van der Waals surface area contributed by atoms with Gasteiger partial charge in [0.2, 0.25) is 0 Å². The summed E-state index contributed by atoms with van der Waals surface area (Å²) in [6.45, 7) is 0. The van der Waals surface area contributed by atoms with Crippen LogP contribution >= 0.6 is 22.9 Å². The lowest BCUT2D eigenvalue weighted by Crippen LogP contribution is -2.38. The number of benzene rings is 1. The van der Waals surface area contributed by atoms with Crippen LogP contribution in [0.5, 0.6) is 0 Å². The van der Waals surface area contributed by atoms with E-state index in [0.29, 0.717) is 10.7 Å². The Morgan fingerprint density at radius 1 is 1.27 bits per heavy atom. The number of carbonyl (C=O) groups excluding carboxylic acids is 1. The monoisotopic (exact) mass is 336 g/mol. The zero-order chi connectivity index (χ0) is 15.5. The highest BCUT2D eigenvalue weighted by Crippen LogP contribution is 2.30. The number of carbonyl (C=O) groups is 1. The molecule has 1 aromatic carbocycles. The Labute approximate surface area is 138 Å². The Morgan fingerprint density at radius 2 is 2.00 bits per heavy atom. The number of aliphatic hydroxyl groups excluding tert-OH is 1. The first-order valence-corrected chi connectivity index (χ1v) is 8.58. The van der Waals surface area contributed by atoms with E-state index in [1.807, 2.05) is 24.3 Å². The molecule has 0 bridgehead atoms. The molecule has 116 valence electrons. The van der Waals surface area contributed by atoms with Gasteiger partial charge in [-0.2, -0.15) is 0 Å². The van der Waals surface area contributed by atoms with E-state index < -0.39 is 0 Å². The summed E-state index contributed by atoms with van der Waals surface area (Å²) < 4.78 is 0. The van der Waals surface area contributed by atoms with Gasteiger partial charge < -0.3 is 10.4 Å². The van der Waals surface area contributed by atoms with Crippen molar-refractivity contribution in [3.05, 3.63) is 40.4 Å². The summed E-state index contributed by atoms with van der Waals surface area (Å²) in [4.78, 5) is 16.7. The van der Waals surface area contributed by atoms with E-state index in [-0.39, 0.29) is 18.1 Å². The van der Waals surface area contributed by atoms with Crippen LogP contribution in [0.2, 0.25) is 5.02 Å². The number of hydrogen-bond donors (Lipinski definition) is 2. The molecule has 0 radical (unpaired) electrons. The number of aromatic nitrogens is 1. The molecule has 6 heteroatoms. The van der Waals surface area contributed by atoms with Crippen molar-refractivity contribution in [3.8, 4) is 10.6 Å². The first-order chi connectivity index (χ1) is 10.6. The van der Waals surface area contributed by atoms with Gasteiger partial charge in [0, 0.05) is 17.0 Å². The Morgan fingerprint density at radius 3 is 2.73 bits per heavy atom. The normalized spacial score (nSPS) is 21.5. The molecule has 2 N–H and O–H groups in total. The lowest BCUT2D eigenvalue weighted by atomic mass is 9.93.